The Morgan fingerprint density at radius 2 is 2.17 bits per heavy atom. The van der Waals surface area contributed by atoms with Crippen molar-refractivity contribution < 1.29 is 0 Å². The van der Waals surface area contributed by atoms with Crippen molar-refractivity contribution in [2.75, 3.05) is 23.7 Å². The summed E-state index contributed by atoms with van der Waals surface area (Å²) in [6.45, 7) is 6.56. The van der Waals surface area contributed by atoms with Gasteiger partial charge in [-0.05, 0) is 36.8 Å². The summed E-state index contributed by atoms with van der Waals surface area (Å²) >= 11 is 0. The third kappa shape index (κ3) is 2.13. The summed E-state index contributed by atoms with van der Waals surface area (Å²) in [6, 6.07) is 5.74. The number of hydrogen-bond donors (Lipinski definition) is 1. The quantitative estimate of drug-likeness (QED) is 0.887. The van der Waals surface area contributed by atoms with Gasteiger partial charge in [0.1, 0.15) is 11.9 Å². The Morgan fingerprint density at radius 1 is 1.44 bits per heavy atom. The predicted molar refractivity (Wildman–Crippen MR) is 73.2 cm³/mol. The van der Waals surface area contributed by atoms with E-state index in [-0.39, 0.29) is 0 Å². The fourth-order valence-electron chi connectivity index (χ4n) is 2.68. The molecule has 0 amide bonds. The maximum absolute atomic E-state index is 8.97. The smallest absolute Gasteiger partial charge is 0.165 e. The van der Waals surface area contributed by atoms with Gasteiger partial charge < -0.3 is 10.6 Å². The van der Waals surface area contributed by atoms with Crippen LogP contribution < -0.4 is 10.6 Å². The highest BCUT2D eigenvalue weighted by atomic mass is 15.2. The van der Waals surface area contributed by atoms with Gasteiger partial charge in [0, 0.05) is 13.1 Å². The monoisotopic (exact) mass is 244 g/mol. The van der Waals surface area contributed by atoms with Gasteiger partial charge in [0.2, 0.25) is 0 Å². The van der Waals surface area contributed by atoms with Crippen LogP contribution in [0.4, 0.5) is 11.5 Å². The Labute approximate surface area is 108 Å². The molecule has 1 saturated heterocycles. The summed E-state index contributed by atoms with van der Waals surface area (Å²) in [6.07, 6.45) is 3.59. The Morgan fingerprint density at radius 3 is 2.72 bits per heavy atom. The minimum atomic E-state index is 0.331. The van der Waals surface area contributed by atoms with Gasteiger partial charge in [-0.25, -0.2) is 4.98 Å². The zero-order chi connectivity index (χ0) is 13.2. The number of nitrogen functional groups attached to an aromatic ring is 1. The molecule has 18 heavy (non-hydrogen) atoms. The van der Waals surface area contributed by atoms with Gasteiger partial charge in [0.25, 0.3) is 0 Å². The van der Waals surface area contributed by atoms with E-state index >= 15 is 0 Å². The van der Waals surface area contributed by atoms with Crippen LogP contribution in [0.3, 0.4) is 0 Å². The van der Waals surface area contributed by atoms with Gasteiger partial charge in [-0.1, -0.05) is 13.8 Å². The fourth-order valence-corrected chi connectivity index (χ4v) is 2.68. The van der Waals surface area contributed by atoms with Crippen LogP contribution in [0.25, 0.3) is 0 Å². The van der Waals surface area contributed by atoms with E-state index in [1.807, 2.05) is 12.1 Å². The number of nitrogens with zero attached hydrogens (tertiary/aromatic N) is 3. The largest absolute Gasteiger partial charge is 0.396 e. The van der Waals surface area contributed by atoms with E-state index in [4.69, 9.17) is 11.0 Å². The topological polar surface area (TPSA) is 65.9 Å². The lowest BCUT2D eigenvalue weighted by atomic mass is 9.82. The second-order valence-corrected chi connectivity index (χ2v) is 5.10. The summed E-state index contributed by atoms with van der Waals surface area (Å²) in [7, 11) is 0. The molecule has 0 unspecified atom stereocenters. The average Bonchev–Trinajstić information content (AvgIpc) is 2.84. The van der Waals surface area contributed by atoms with Gasteiger partial charge in [-0.2, -0.15) is 5.26 Å². The molecule has 0 bridgehead atoms. The minimum absolute atomic E-state index is 0.331. The summed E-state index contributed by atoms with van der Waals surface area (Å²) in [5.41, 5.74) is 6.90. The fraction of sp³-hybridized carbons (Fsp3) is 0.571. The van der Waals surface area contributed by atoms with Crippen LogP contribution in [0, 0.1) is 16.7 Å². The van der Waals surface area contributed by atoms with E-state index in [1.165, 1.54) is 19.3 Å². The lowest BCUT2D eigenvalue weighted by Gasteiger charge is -2.26. The molecule has 0 radical (unpaired) electrons. The molecule has 1 aliphatic rings. The standard InChI is InChI=1S/C14H20N4/c1-3-14(4-2)7-8-18(10-14)13-6-5-11(16)12(9-15)17-13/h5-6H,3-4,7-8,10,16H2,1-2H3. The third-order valence-corrected chi connectivity index (χ3v) is 4.28. The molecule has 0 atom stereocenters. The first-order chi connectivity index (χ1) is 8.64. The molecule has 1 fully saturated rings. The number of nitriles is 1. The molecule has 4 nitrogen and oxygen atoms in total. The molecule has 1 aliphatic heterocycles. The Balaban J connectivity index is 2.22. The highest BCUT2D eigenvalue weighted by Crippen LogP contribution is 2.38. The van der Waals surface area contributed by atoms with Crippen molar-refractivity contribution in [2.24, 2.45) is 5.41 Å². The summed E-state index contributed by atoms with van der Waals surface area (Å²) in [5, 5.41) is 8.97. The first kappa shape index (κ1) is 12.7. The normalized spacial score (nSPS) is 17.7. The van der Waals surface area contributed by atoms with Gasteiger partial charge in [-0.3, -0.25) is 0 Å². The highest BCUT2D eigenvalue weighted by Gasteiger charge is 2.35. The van der Waals surface area contributed by atoms with Crippen molar-refractivity contribution in [1.82, 2.24) is 4.98 Å². The van der Waals surface area contributed by atoms with Crippen LogP contribution in [0.2, 0.25) is 0 Å². The maximum Gasteiger partial charge on any atom is 0.165 e. The van der Waals surface area contributed by atoms with Gasteiger partial charge in [0.15, 0.2) is 5.69 Å². The summed E-state index contributed by atoms with van der Waals surface area (Å²) in [4.78, 5) is 6.62. The van der Waals surface area contributed by atoms with E-state index < -0.39 is 0 Å². The van der Waals surface area contributed by atoms with Crippen LogP contribution in [-0.2, 0) is 0 Å². The molecule has 96 valence electrons. The SMILES string of the molecule is CCC1(CC)CCN(c2ccc(N)c(C#N)n2)C1. The highest BCUT2D eigenvalue weighted by molar-refractivity contribution is 5.55. The lowest BCUT2D eigenvalue weighted by molar-refractivity contribution is 0.301. The van der Waals surface area contributed by atoms with Gasteiger partial charge in [0.05, 0.1) is 5.69 Å². The summed E-state index contributed by atoms with van der Waals surface area (Å²) in [5.74, 6) is 0.879. The second kappa shape index (κ2) is 4.85. The zero-order valence-corrected chi connectivity index (χ0v) is 11.1. The third-order valence-electron chi connectivity index (χ3n) is 4.28. The van der Waals surface area contributed by atoms with Crippen LogP contribution >= 0.6 is 0 Å². The number of hydrogen-bond acceptors (Lipinski definition) is 4. The van der Waals surface area contributed by atoms with Crippen molar-refractivity contribution in [3.8, 4) is 6.07 Å². The van der Waals surface area contributed by atoms with Gasteiger partial charge in [-0.15, -0.1) is 0 Å². The first-order valence-electron chi connectivity index (χ1n) is 6.55. The molecular formula is C14H20N4. The molecular weight excluding hydrogens is 224 g/mol. The molecule has 2 heterocycles. The van der Waals surface area contributed by atoms with Crippen LogP contribution in [0.1, 0.15) is 38.8 Å². The summed E-state index contributed by atoms with van der Waals surface area (Å²) < 4.78 is 0. The Bertz CT molecular complexity index is 471. The zero-order valence-electron chi connectivity index (χ0n) is 11.1. The molecule has 1 aromatic rings. The van der Waals surface area contributed by atoms with Crippen molar-refractivity contribution >= 4 is 11.5 Å². The van der Waals surface area contributed by atoms with Gasteiger partial charge >= 0.3 is 0 Å². The molecule has 4 heteroatoms. The molecule has 2 N–H and O–H groups in total. The van der Waals surface area contributed by atoms with Crippen molar-refractivity contribution in [1.29, 1.82) is 5.26 Å². The maximum atomic E-state index is 8.97. The number of aromatic nitrogens is 1. The van der Waals surface area contributed by atoms with E-state index in [1.54, 1.807) is 6.07 Å². The van der Waals surface area contributed by atoms with E-state index in [2.05, 4.69) is 23.7 Å². The van der Waals surface area contributed by atoms with Crippen LogP contribution in [0.5, 0.6) is 0 Å². The number of nitrogens with two attached hydrogens (primary N) is 1. The molecule has 0 aliphatic carbocycles. The average molecular weight is 244 g/mol. The van der Waals surface area contributed by atoms with E-state index in [0.29, 0.717) is 16.8 Å². The predicted octanol–water partition coefficient (Wildman–Crippen LogP) is 2.55. The molecule has 0 aromatic carbocycles. The molecule has 2 rings (SSSR count). The molecule has 0 saturated carbocycles. The van der Waals surface area contributed by atoms with Crippen LogP contribution in [0.15, 0.2) is 12.1 Å². The molecule has 0 spiro atoms. The lowest BCUT2D eigenvalue weighted by Crippen LogP contribution is -2.26. The Kier molecular flexibility index (Phi) is 3.42. The van der Waals surface area contributed by atoms with Crippen molar-refractivity contribution in [2.45, 2.75) is 33.1 Å². The number of rotatable bonds is 3. The van der Waals surface area contributed by atoms with E-state index in [0.717, 1.165) is 18.9 Å². The van der Waals surface area contributed by atoms with Crippen molar-refractivity contribution in [3.05, 3.63) is 17.8 Å². The number of pyridine rings is 1. The van der Waals surface area contributed by atoms with E-state index in [9.17, 15) is 0 Å². The van der Waals surface area contributed by atoms with Crippen LogP contribution in [-0.4, -0.2) is 18.1 Å². The minimum Gasteiger partial charge on any atom is -0.396 e. The first-order valence-corrected chi connectivity index (χ1v) is 6.55. The molecule has 1 aromatic heterocycles. The Hall–Kier alpha value is -1.76. The second-order valence-electron chi connectivity index (χ2n) is 5.10. The number of anilines is 2. The van der Waals surface area contributed by atoms with Crippen molar-refractivity contribution in [3.63, 3.8) is 0 Å².